The van der Waals surface area contributed by atoms with Crippen LogP contribution in [0.25, 0.3) is 20.0 Å². The van der Waals surface area contributed by atoms with Crippen molar-refractivity contribution in [3.63, 3.8) is 0 Å². The molecule has 3 aromatic carbocycles. The van der Waals surface area contributed by atoms with Gasteiger partial charge in [-0.05, 0) is 0 Å². The Labute approximate surface area is 161 Å². The Balaban J connectivity index is 1.80. The second-order valence-corrected chi connectivity index (χ2v) is 9.07. The standard InChI is InChI=1S/C25H22Se/c1-18-8-6-10-20(14-18)16-23-17-24(22-13-7-9-19(2)15-22)26-25(23)21-11-4-3-5-12-21/h3-15,17H,16H2,1-2H3. The van der Waals surface area contributed by atoms with Gasteiger partial charge in [-0.2, -0.15) is 0 Å². The van der Waals surface area contributed by atoms with Crippen LogP contribution in [0.4, 0.5) is 0 Å². The van der Waals surface area contributed by atoms with E-state index in [-0.39, 0.29) is 0 Å². The fourth-order valence-corrected chi connectivity index (χ4v) is 5.86. The third-order valence-corrected chi connectivity index (χ3v) is 7.30. The summed E-state index contributed by atoms with van der Waals surface area (Å²) >= 11 is 0.342. The van der Waals surface area contributed by atoms with Gasteiger partial charge in [-0.3, -0.25) is 0 Å². The van der Waals surface area contributed by atoms with Gasteiger partial charge in [0.25, 0.3) is 0 Å². The first-order valence-corrected chi connectivity index (χ1v) is 10.7. The minimum atomic E-state index is 0.342. The molecule has 0 aliphatic carbocycles. The van der Waals surface area contributed by atoms with E-state index in [2.05, 4.69) is 98.8 Å². The van der Waals surface area contributed by atoms with Crippen LogP contribution in [-0.2, 0) is 6.42 Å². The van der Waals surface area contributed by atoms with Gasteiger partial charge in [0.15, 0.2) is 0 Å². The van der Waals surface area contributed by atoms with Crippen LogP contribution in [0, 0.1) is 13.8 Å². The molecule has 128 valence electrons. The van der Waals surface area contributed by atoms with Crippen molar-refractivity contribution in [3.8, 4) is 20.0 Å². The Morgan fingerprint density at radius 2 is 1.35 bits per heavy atom. The van der Waals surface area contributed by atoms with E-state index < -0.39 is 0 Å². The summed E-state index contributed by atoms with van der Waals surface area (Å²) in [4.78, 5) is 0. The molecule has 4 rings (SSSR count). The summed E-state index contributed by atoms with van der Waals surface area (Å²) in [5.74, 6) is 0. The summed E-state index contributed by atoms with van der Waals surface area (Å²) in [7, 11) is 0. The predicted octanol–water partition coefficient (Wildman–Crippen LogP) is 6.29. The molecule has 1 aromatic heterocycles. The number of aryl methyl sites for hydroxylation is 2. The van der Waals surface area contributed by atoms with Crippen molar-refractivity contribution in [1.82, 2.24) is 0 Å². The Bertz CT molecular complexity index is 1020. The van der Waals surface area contributed by atoms with Crippen LogP contribution in [0.5, 0.6) is 0 Å². The fourth-order valence-electron chi connectivity index (χ4n) is 3.38. The SMILES string of the molecule is Cc1cccc(Cc2cc(-c3cccc(C)c3)[se]c2-c2ccccc2)c1. The number of benzene rings is 3. The number of hydrogen-bond donors (Lipinski definition) is 0. The Kier molecular flexibility index (Phi) is 4.93. The van der Waals surface area contributed by atoms with Crippen molar-refractivity contribution < 1.29 is 0 Å². The second kappa shape index (κ2) is 7.50. The molecule has 0 amide bonds. The first kappa shape index (κ1) is 17.1. The van der Waals surface area contributed by atoms with Gasteiger partial charge in [0.05, 0.1) is 0 Å². The van der Waals surface area contributed by atoms with Gasteiger partial charge in [-0.1, -0.05) is 0 Å². The molecule has 1 heteroatoms. The molecule has 0 N–H and O–H groups in total. The van der Waals surface area contributed by atoms with Gasteiger partial charge in [0, 0.05) is 0 Å². The molecule has 0 saturated heterocycles. The van der Waals surface area contributed by atoms with Crippen molar-refractivity contribution in [2.24, 2.45) is 0 Å². The van der Waals surface area contributed by atoms with Crippen molar-refractivity contribution in [2.75, 3.05) is 0 Å². The molecular formula is C25H22Se. The topological polar surface area (TPSA) is 0 Å². The summed E-state index contributed by atoms with van der Waals surface area (Å²) in [6.45, 7) is 4.34. The summed E-state index contributed by atoms with van der Waals surface area (Å²) in [5.41, 5.74) is 8.26. The third kappa shape index (κ3) is 3.75. The zero-order valence-electron chi connectivity index (χ0n) is 15.2. The van der Waals surface area contributed by atoms with Gasteiger partial charge in [-0.15, -0.1) is 0 Å². The van der Waals surface area contributed by atoms with Gasteiger partial charge in [0.1, 0.15) is 0 Å². The molecule has 0 nitrogen and oxygen atoms in total. The zero-order chi connectivity index (χ0) is 17.9. The Morgan fingerprint density at radius 1 is 0.654 bits per heavy atom. The third-order valence-electron chi connectivity index (χ3n) is 4.62. The summed E-state index contributed by atoms with van der Waals surface area (Å²) in [5, 5.41) is 0. The van der Waals surface area contributed by atoms with Crippen LogP contribution >= 0.6 is 0 Å². The van der Waals surface area contributed by atoms with Crippen LogP contribution < -0.4 is 0 Å². The molecule has 0 aliphatic rings. The van der Waals surface area contributed by atoms with E-state index >= 15 is 0 Å². The normalized spacial score (nSPS) is 10.8. The molecule has 0 fully saturated rings. The van der Waals surface area contributed by atoms with Crippen LogP contribution in [0.2, 0.25) is 0 Å². The minimum absolute atomic E-state index is 0.342. The molecule has 0 saturated carbocycles. The Morgan fingerprint density at radius 3 is 2.08 bits per heavy atom. The molecule has 1 heterocycles. The van der Waals surface area contributed by atoms with E-state index in [1.807, 2.05) is 0 Å². The molecule has 26 heavy (non-hydrogen) atoms. The van der Waals surface area contributed by atoms with Crippen molar-refractivity contribution in [2.45, 2.75) is 20.3 Å². The summed E-state index contributed by atoms with van der Waals surface area (Å²) in [6.07, 6.45) is 1.00. The Hall–Kier alpha value is -2.34. The van der Waals surface area contributed by atoms with Crippen molar-refractivity contribution >= 4 is 14.5 Å². The summed E-state index contributed by atoms with van der Waals surface area (Å²) in [6, 6.07) is 31.1. The van der Waals surface area contributed by atoms with E-state index in [1.165, 1.54) is 42.3 Å². The molecule has 0 atom stereocenters. The number of hydrogen-bond acceptors (Lipinski definition) is 0. The molecule has 0 radical (unpaired) electrons. The molecule has 0 spiro atoms. The van der Waals surface area contributed by atoms with Crippen molar-refractivity contribution in [1.29, 1.82) is 0 Å². The van der Waals surface area contributed by atoms with Crippen LogP contribution in [0.3, 0.4) is 0 Å². The average molecular weight is 401 g/mol. The first-order valence-electron chi connectivity index (χ1n) is 9.00. The zero-order valence-corrected chi connectivity index (χ0v) is 16.9. The van der Waals surface area contributed by atoms with Gasteiger partial charge >= 0.3 is 162 Å². The van der Waals surface area contributed by atoms with Gasteiger partial charge in [-0.25, -0.2) is 0 Å². The van der Waals surface area contributed by atoms with Gasteiger partial charge < -0.3 is 0 Å². The fraction of sp³-hybridized carbons (Fsp3) is 0.120. The van der Waals surface area contributed by atoms with Crippen LogP contribution in [0.1, 0.15) is 22.3 Å². The maximum absolute atomic E-state index is 2.44. The molecule has 0 aliphatic heterocycles. The van der Waals surface area contributed by atoms with E-state index in [9.17, 15) is 0 Å². The van der Waals surface area contributed by atoms with E-state index in [0.29, 0.717) is 14.5 Å². The van der Waals surface area contributed by atoms with E-state index in [4.69, 9.17) is 0 Å². The molecule has 4 aromatic rings. The number of rotatable bonds is 4. The van der Waals surface area contributed by atoms with E-state index in [0.717, 1.165) is 6.42 Å². The first-order chi connectivity index (χ1) is 12.7. The quantitative estimate of drug-likeness (QED) is 0.353. The average Bonchev–Trinajstić information content (AvgIpc) is 3.06. The van der Waals surface area contributed by atoms with Gasteiger partial charge in [0.2, 0.25) is 0 Å². The maximum atomic E-state index is 2.44. The molecule has 0 bridgehead atoms. The second-order valence-electron chi connectivity index (χ2n) is 6.87. The van der Waals surface area contributed by atoms with Crippen LogP contribution in [0.15, 0.2) is 84.9 Å². The van der Waals surface area contributed by atoms with Crippen molar-refractivity contribution in [3.05, 3.63) is 107 Å². The molecule has 0 unspecified atom stereocenters. The van der Waals surface area contributed by atoms with E-state index in [1.54, 1.807) is 0 Å². The van der Waals surface area contributed by atoms with Crippen LogP contribution in [-0.4, -0.2) is 14.5 Å². The molecular weight excluding hydrogens is 379 g/mol. The summed E-state index contributed by atoms with van der Waals surface area (Å²) < 4.78 is 3.01. The monoisotopic (exact) mass is 402 g/mol. The predicted molar refractivity (Wildman–Crippen MR) is 113 cm³/mol.